The number of hydrogen-bond acceptors (Lipinski definition) is 3. The first-order valence-electron chi connectivity index (χ1n) is 7.55. The lowest BCUT2D eigenvalue weighted by atomic mass is 10.2. The minimum atomic E-state index is 0.557. The Morgan fingerprint density at radius 3 is 2.55 bits per heavy atom. The predicted molar refractivity (Wildman–Crippen MR) is 86.2 cm³/mol. The number of nitrogens with zero attached hydrogens (tertiary/aromatic N) is 1. The van der Waals surface area contributed by atoms with Gasteiger partial charge in [-0.15, -0.1) is 0 Å². The molecule has 0 radical (unpaired) electrons. The first-order chi connectivity index (χ1) is 9.80. The Kier molecular flexibility index (Phi) is 8.76. The van der Waals surface area contributed by atoms with Crippen molar-refractivity contribution in [3.8, 4) is 5.75 Å². The average molecular weight is 276 g/mol. The Bertz CT molecular complexity index is 362. The van der Waals surface area contributed by atoms with Crippen molar-refractivity contribution >= 4 is 0 Å². The SMILES string of the molecule is C=CCOc1ccc(CNCCN(CC)CCC)cc1. The minimum Gasteiger partial charge on any atom is -0.490 e. The maximum absolute atomic E-state index is 5.46. The molecule has 0 aliphatic carbocycles. The molecule has 0 aromatic heterocycles. The van der Waals surface area contributed by atoms with E-state index in [1.807, 2.05) is 12.1 Å². The Morgan fingerprint density at radius 2 is 1.95 bits per heavy atom. The highest BCUT2D eigenvalue weighted by atomic mass is 16.5. The summed E-state index contributed by atoms with van der Waals surface area (Å²) in [4.78, 5) is 2.47. The van der Waals surface area contributed by atoms with Gasteiger partial charge in [0.05, 0.1) is 0 Å². The van der Waals surface area contributed by atoms with E-state index >= 15 is 0 Å². The number of hydrogen-bond donors (Lipinski definition) is 1. The van der Waals surface area contributed by atoms with Gasteiger partial charge in [-0.25, -0.2) is 0 Å². The molecule has 0 aliphatic heterocycles. The van der Waals surface area contributed by atoms with Gasteiger partial charge in [0, 0.05) is 19.6 Å². The molecule has 1 N–H and O–H groups in total. The smallest absolute Gasteiger partial charge is 0.119 e. The van der Waals surface area contributed by atoms with Crippen molar-refractivity contribution in [3.05, 3.63) is 42.5 Å². The van der Waals surface area contributed by atoms with E-state index in [2.05, 4.69) is 42.8 Å². The summed E-state index contributed by atoms with van der Waals surface area (Å²) in [5, 5.41) is 3.49. The Balaban J connectivity index is 2.22. The van der Waals surface area contributed by atoms with E-state index in [4.69, 9.17) is 4.74 Å². The van der Waals surface area contributed by atoms with Gasteiger partial charge >= 0.3 is 0 Å². The molecule has 3 heteroatoms. The molecule has 0 bridgehead atoms. The van der Waals surface area contributed by atoms with Crippen LogP contribution in [0.25, 0.3) is 0 Å². The molecule has 1 rings (SSSR count). The Labute approximate surface area is 123 Å². The van der Waals surface area contributed by atoms with Crippen molar-refractivity contribution in [2.45, 2.75) is 26.8 Å². The van der Waals surface area contributed by atoms with Gasteiger partial charge in [0.1, 0.15) is 12.4 Å². The molecule has 20 heavy (non-hydrogen) atoms. The second-order valence-corrected chi connectivity index (χ2v) is 4.85. The molecule has 0 unspecified atom stereocenters. The molecule has 0 heterocycles. The van der Waals surface area contributed by atoms with Crippen LogP contribution >= 0.6 is 0 Å². The van der Waals surface area contributed by atoms with E-state index in [1.54, 1.807) is 6.08 Å². The summed E-state index contributed by atoms with van der Waals surface area (Å²) in [5.74, 6) is 0.897. The number of ether oxygens (including phenoxy) is 1. The van der Waals surface area contributed by atoms with Gasteiger partial charge in [-0.3, -0.25) is 0 Å². The number of benzene rings is 1. The first kappa shape index (κ1) is 16.7. The van der Waals surface area contributed by atoms with Gasteiger partial charge in [-0.05, 0) is 37.2 Å². The first-order valence-corrected chi connectivity index (χ1v) is 7.55. The summed E-state index contributed by atoms with van der Waals surface area (Å²) in [6.07, 6.45) is 2.98. The van der Waals surface area contributed by atoms with Crippen LogP contribution in [0.5, 0.6) is 5.75 Å². The van der Waals surface area contributed by atoms with Gasteiger partial charge in [0.2, 0.25) is 0 Å². The standard InChI is InChI=1S/C17H28N2O/c1-4-12-19(6-3)13-11-18-15-16-7-9-17(10-8-16)20-14-5-2/h5,7-10,18H,2,4,6,11-15H2,1,3H3. The van der Waals surface area contributed by atoms with Gasteiger partial charge < -0.3 is 15.0 Å². The fraction of sp³-hybridized carbons (Fsp3) is 0.529. The van der Waals surface area contributed by atoms with Crippen molar-refractivity contribution in [1.29, 1.82) is 0 Å². The second kappa shape index (κ2) is 10.5. The van der Waals surface area contributed by atoms with Crippen LogP contribution in [-0.4, -0.2) is 37.7 Å². The third kappa shape index (κ3) is 6.73. The zero-order chi connectivity index (χ0) is 14.6. The zero-order valence-corrected chi connectivity index (χ0v) is 12.9. The maximum atomic E-state index is 5.46. The van der Waals surface area contributed by atoms with Crippen LogP contribution in [0.4, 0.5) is 0 Å². The fourth-order valence-electron chi connectivity index (χ4n) is 2.07. The quantitative estimate of drug-likeness (QED) is 0.496. The summed E-state index contributed by atoms with van der Waals surface area (Å²) in [5.41, 5.74) is 1.29. The molecule has 0 fully saturated rings. The highest BCUT2D eigenvalue weighted by Crippen LogP contribution is 2.11. The van der Waals surface area contributed by atoms with Gasteiger partial charge in [0.15, 0.2) is 0 Å². The van der Waals surface area contributed by atoms with E-state index in [0.717, 1.165) is 31.9 Å². The van der Waals surface area contributed by atoms with Gasteiger partial charge in [-0.1, -0.05) is 38.6 Å². The van der Waals surface area contributed by atoms with Crippen LogP contribution in [0.15, 0.2) is 36.9 Å². The van der Waals surface area contributed by atoms with Crippen LogP contribution in [0.3, 0.4) is 0 Å². The lowest BCUT2D eigenvalue weighted by Crippen LogP contribution is -2.32. The zero-order valence-electron chi connectivity index (χ0n) is 12.9. The lowest BCUT2D eigenvalue weighted by molar-refractivity contribution is 0.287. The largest absolute Gasteiger partial charge is 0.490 e. The summed E-state index contributed by atoms with van der Waals surface area (Å²) in [7, 11) is 0. The highest BCUT2D eigenvalue weighted by Gasteiger charge is 2.00. The van der Waals surface area contributed by atoms with Gasteiger partial charge in [0.25, 0.3) is 0 Å². The lowest BCUT2D eigenvalue weighted by Gasteiger charge is -2.19. The van der Waals surface area contributed by atoms with Crippen molar-refractivity contribution in [3.63, 3.8) is 0 Å². The molecule has 0 saturated heterocycles. The molecule has 0 atom stereocenters. The molecule has 0 spiro atoms. The molecule has 1 aromatic carbocycles. The van der Waals surface area contributed by atoms with Crippen LogP contribution in [0, 0.1) is 0 Å². The molecular weight excluding hydrogens is 248 g/mol. The molecular formula is C17H28N2O. The third-order valence-corrected chi connectivity index (χ3v) is 3.21. The van der Waals surface area contributed by atoms with Crippen molar-refractivity contribution in [2.24, 2.45) is 0 Å². The van der Waals surface area contributed by atoms with E-state index in [1.165, 1.54) is 18.5 Å². The molecule has 0 saturated carbocycles. The van der Waals surface area contributed by atoms with Crippen molar-refractivity contribution < 1.29 is 4.74 Å². The average Bonchev–Trinajstić information content (AvgIpc) is 2.49. The normalized spacial score (nSPS) is 10.8. The maximum Gasteiger partial charge on any atom is 0.119 e. The monoisotopic (exact) mass is 276 g/mol. The predicted octanol–water partition coefficient (Wildman–Crippen LogP) is 3.07. The van der Waals surface area contributed by atoms with E-state index in [0.29, 0.717) is 6.61 Å². The highest BCUT2D eigenvalue weighted by molar-refractivity contribution is 5.27. The molecule has 3 nitrogen and oxygen atoms in total. The van der Waals surface area contributed by atoms with E-state index < -0.39 is 0 Å². The summed E-state index contributed by atoms with van der Waals surface area (Å²) in [6.45, 7) is 14.0. The van der Waals surface area contributed by atoms with Crippen LogP contribution in [0.1, 0.15) is 25.8 Å². The second-order valence-electron chi connectivity index (χ2n) is 4.85. The van der Waals surface area contributed by atoms with Crippen LogP contribution < -0.4 is 10.1 Å². The topological polar surface area (TPSA) is 24.5 Å². The summed E-state index contributed by atoms with van der Waals surface area (Å²) >= 11 is 0. The minimum absolute atomic E-state index is 0.557. The molecule has 0 aliphatic rings. The van der Waals surface area contributed by atoms with Gasteiger partial charge in [-0.2, -0.15) is 0 Å². The molecule has 112 valence electrons. The number of rotatable bonds is 11. The van der Waals surface area contributed by atoms with Crippen LogP contribution in [-0.2, 0) is 6.54 Å². The number of nitrogens with one attached hydrogen (secondary N) is 1. The van der Waals surface area contributed by atoms with Crippen molar-refractivity contribution in [1.82, 2.24) is 10.2 Å². The molecule has 1 aromatic rings. The van der Waals surface area contributed by atoms with Crippen molar-refractivity contribution in [2.75, 3.05) is 32.8 Å². The fourth-order valence-corrected chi connectivity index (χ4v) is 2.07. The summed E-state index contributed by atoms with van der Waals surface area (Å²) in [6, 6.07) is 8.23. The third-order valence-electron chi connectivity index (χ3n) is 3.21. The summed E-state index contributed by atoms with van der Waals surface area (Å²) < 4.78 is 5.46. The Morgan fingerprint density at radius 1 is 1.20 bits per heavy atom. The van der Waals surface area contributed by atoms with E-state index in [9.17, 15) is 0 Å². The Hall–Kier alpha value is -1.32. The van der Waals surface area contributed by atoms with Crippen LogP contribution in [0.2, 0.25) is 0 Å². The number of likely N-dealkylation sites (N-methyl/N-ethyl adjacent to an activating group) is 1. The van der Waals surface area contributed by atoms with E-state index in [-0.39, 0.29) is 0 Å². The molecule has 0 amide bonds.